The number of para-hydroxylation sites is 1. The van der Waals surface area contributed by atoms with Crippen molar-refractivity contribution in [2.75, 3.05) is 46.9 Å². The van der Waals surface area contributed by atoms with E-state index in [1.807, 2.05) is 45.0 Å². The number of carbonyl (C=O) groups is 4. The fourth-order valence-corrected chi connectivity index (χ4v) is 12.9. The minimum atomic E-state index is -3.92. The second-order valence-corrected chi connectivity index (χ2v) is 25.4. The monoisotopic (exact) mass is 1010 g/mol. The number of aromatic amines is 1. The van der Waals surface area contributed by atoms with E-state index < -0.39 is 80.8 Å². The second kappa shape index (κ2) is 18.6. The first-order valence-corrected chi connectivity index (χ1v) is 26.2. The van der Waals surface area contributed by atoms with Crippen LogP contribution in [0.1, 0.15) is 91.0 Å². The van der Waals surface area contributed by atoms with E-state index in [-0.39, 0.29) is 34.1 Å². The number of halogens is 1. The van der Waals surface area contributed by atoms with Crippen molar-refractivity contribution in [1.29, 1.82) is 0 Å². The Balaban J connectivity index is 0.886. The van der Waals surface area contributed by atoms with Crippen LogP contribution in [0.3, 0.4) is 0 Å². The normalized spacial score (nSPS) is 27.4. The van der Waals surface area contributed by atoms with Crippen molar-refractivity contribution in [3.63, 3.8) is 0 Å². The summed E-state index contributed by atoms with van der Waals surface area (Å²) >= 11 is -0.974. The molecule has 1 aromatic heterocycles. The summed E-state index contributed by atoms with van der Waals surface area (Å²) < 4.78 is 37.6. The number of nitrogens with zero attached hydrogens (tertiary/aromatic N) is 3. The zero-order chi connectivity index (χ0) is 45.5. The van der Waals surface area contributed by atoms with Gasteiger partial charge in [-0.1, -0.05) is 25.0 Å². The molecule has 0 spiro atoms. The number of rotatable bonds is 18. The molecule has 3 aliphatic heterocycles. The molecule has 348 valence electrons. The van der Waals surface area contributed by atoms with Gasteiger partial charge in [-0.2, -0.15) is 0 Å². The van der Waals surface area contributed by atoms with Crippen LogP contribution in [0.2, 0.25) is 0 Å². The number of benzene rings is 1. The number of alkyl halides is 2. The average molecular weight is 1010 g/mol. The van der Waals surface area contributed by atoms with Crippen molar-refractivity contribution in [1.82, 2.24) is 35.0 Å². The molecule has 16 nitrogen and oxygen atoms in total. The number of pyridine rings is 1. The van der Waals surface area contributed by atoms with Crippen LogP contribution in [0.25, 0.3) is 10.9 Å². The van der Waals surface area contributed by atoms with Gasteiger partial charge in [0.15, 0.2) is 0 Å². The number of hydrogen-bond acceptors (Lipinski definition) is 11. The van der Waals surface area contributed by atoms with E-state index in [0.717, 1.165) is 62.6 Å². The molecular weight excluding hydrogens is 942 g/mol. The predicted molar refractivity (Wildman–Crippen MR) is 235 cm³/mol. The summed E-state index contributed by atoms with van der Waals surface area (Å²) in [5.74, 6) is -0.835. The van der Waals surface area contributed by atoms with Crippen molar-refractivity contribution < 1.29 is 58.3 Å². The van der Waals surface area contributed by atoms with Gasteiger partial charge in [0, 0.05) is 25.0 Å². The molecule has 2 aromatic rings. The van der Waals surface area contributed by atoms with Gasteiger partial charge in [-0.05, 0) is 45.5 Å². The summed E-state index contributed by atoms with van der Waals surface area (Å²) in [6, 6.07) is 6.09. The number of nitrogens with one attached hydrogen (secondary N) is 4. The van der Waals surface area contributed by atoms with E-state index >= 15 is 0 Å². The molecule has 2 aliphatic carbocycles. The summed E-state index contributed by atoms with van der Waals surface area (Å²) in [7, 11) is 0.311. The van der Waals surface area contributed by atoms with E-state index in [4.69, 9.17) is 9.47 Å². The number of hydrogen-bond donors (Lipinski definition) is 4. The number of piperazine rings is 1. The Morgan fingerprint density at radius 3 is 2.52 bits per heavy atom. The fraction of sp³-hybridized carbons (Fsp3) is 0.667. The number of ether oxygens (including phenoxy) is 2. The number of amides is 4. The topological polar surface area (TPSA) is 200 Å². The van der Waals surface area contributed by atoms with Crippen molar-refractivity contribution in [3.05, 3.63) is 52.8 Å². The quantitative estimate of drug-likeness (QED) is 0.0525. The van der Waals surface area contributed by atoms with Crippen LogP contribution in [0.5, 0.6) is 5.75 Å². The predicted octanol–water partition coefficient (Wildman–Crippen LogP) is 0.244. The summed E-state index contributed by atoms with van der Waals surface area (Å²) in [6.45, 7) is 14.5. The van der Waals surface area contributed by atoms with Crippen LogP contribution in [-0.2, 0) is 35.6 Å². The molecule has 4 amide bonds. The molecule has 1 aromatic carbocycles. The van der Waals surface area contributed by atoms with Gasteiger partial charge >= 0.3 is 228 Å². The third-order valence-corrected chi connectivity index (χ3v) is 19.5. The van der Waals surface area contributed by atoms with Crippen molar-refractivity contribution >= 4 is 44.7 Å². The molecule has 2 saturated carbocycles. The fourth-order valence-electron chi connectivity index (χ4n) is 8.78. The Hall–Kier alpha value is -3.75. The maximum absolute atomic E-state index is 14.2. The van der Waals surface area contributed by atoms with Crippen LogP contribution in [0.15, 0.2) is 41.7 Å². The van der Waals surface area contributed by atoms with Gasteiger partial charge in [-0.15, -0.1) is 0 Å². The number of likely N-dealkylation sites (N-methyl/N-ethyl adjacent to an activating group) is 2. The van der Waals surface area contributed by atoms with Gasteiger partial charge < -0.3 is 14.6 Å². The Morgan fingerprint density at radius 1 is 1.08 bits per heavy atom. The van der Waals surface area contributed by atoms with Gasteiger partial charge in [-0.25, -0.2) is 0 Å². The number of alkyl carbamates (subject to hydrolysis) is 1. The molecule has 5 aliphatic rings. The number of fused-ring (bicyclic) bond motifs is 1. The van der Waals surface area contributed by atoms with E-state index in [9.17, 15) is 32.4 Å². The Labute approximate surface area is 381 Å². The standard InChI is InChI=1S/C45H65IN7O9S/c1-8-35-45(46-35,41(57)50-63(59,60)44(5)20-21-44)49-39(55)33-19-14-22-53(33)40(56)37(43(2,3)4)48-42(58)62-34-25-28(34)15-10-9-11-17-31-36(30-16-12-13-18-32(30)47-38(31)54)61-27-29-26-51(6)23-24-52(29)7/h8,12-13,16,18,28-29,33-35,37H,1,9-11,14-15,17,19-27H2,2-7H3,(H,47,54)(H,48,58)(H,49,55)(H,50,57)/q-1/t28-,29?,33+,34?,35+,37-,45-/m1/s1. The van der Waals surface area contributed by atoms with Gasteiger partial charge in [0.05, 0.1) is 17.1 Å². The van der Waals surface area contributed by atoms with Crippen LogP contribution in [0, 0.1) is 11.3 Å². The van der Waals surface area contributed by atoms with Crippen molar-refractivity contribution in [3.8, 4) is 5.75 Å². The molecule has 3 saturated heterocycles. The summed E-state index contributed by atoms with van der Waals surface area (Å²) in [6.07, 6.45) is 7.22. The Bertz CT molecular complexity index is 2260. The molecule has 7 atom stereocenters. The molecule has 4 heterocycles. The minimum absolute atomic E-state index is 0.123. The first kappa shape index (κ1) is 47.2. The molecule has 7 rings (SSSR count). The maximum atomic E-state index is 14.2. The summed E-state index contributed by atoms with van der Waals surface area (Å²) in [5.41, 5.74) is 0.574. The van der Waals surface area contributed by atoms with E-state index in [0.29, 0.717) is 50.0 Å². The molecule has 18 heteroatoms. The molecule has 0 radical (unpaired) electrons. The number of aromatic nitrogens is 1. The van der Waals surface area contributed by atoms with Crippen LogP contribution in [0.4, 0.5) is 4.79 Å². The molecule has 2 unspecified atom stereocenters. The van der Waals surface area contributed by atoms with E-state index in [1.165, 1.54) is 4.90 Å². The molecular formula is C45H65IN7O9S-. The van der Waals surface area contributed by atoms with Crippen LogP contribution >= 0.6 is 0 Å². The summed E-state index contributed by atoms with van der Waals surface area (Å²) in [5, 5.41) is 6.55. The number of unbranched alkanes of at least 4 members (excludes halogenated alkanes) is 2. The van der Waals surface area contributed by atoms with Gasteiger partial charge in [0.2, 0.25) is 0 Å². The second-order valence-electron chi connectivity index (χ2n) is 19.5. The van der Waals surface area contributed by atoms with Crippen molar-refractivity contribution in [2.24, 2.45) is 11.3 Å². The Morgan fingerprint density at radius 2 is 1.83 bits per heavy atom. The number of H-pyrrole nitrogens is 1. The van der Waals surface area contributed by atoms with Crippen LogP contribution < -0.4 is 46.9 Å². The van der Waals surface area contributed by atoms with Crippen LogP contribution in [-0.4, -0.2) is 135 Å². The van der Waals surface area contributed by atoms with Gasteiger partial charge in [0.1, 0.15) is 12.4 Å². The number of carbonyl (C=O) groups excluding carboxylic acids is 4. The first-order chi connectivity index (χ1) is 29.8. The first-order valence-electron chi connectivity index (χ1n) is 22.4. The third kappa shape index (κ3) is 10.5. The molecule has 5 fully saturated rings. The van der Waals surface area contributed by atoms with E-state index in [2.05, 4.69) is 50.8 Å². The summed E-state index contributed by atoms with van der Waals surface area (Å²) in [4.78, 5) is 77.2. The van der Waals surface area contributed by atoms with Gasteiger partial charge in [0.25, 0.3) is 5.56 Å². The molecule has 63 heavy (non-hydrogen) atoms. The molecule has 0 bridgehead atoms. The zero-order valence-electron chi connectivity index (χ0n) is 37.5. The Kier molecular flexibility index (Phi) is 14.0. The zero-order valence-corrected chi connectivity index (χ0v) is 40.4. The SMILES string of the molecule is C=C[C@@H]1[I-][C@]1(NC(=O)[C@@H]1CCCN1C(=O)[C@@H](NC(=O)OC1C[C@H]1CCCCCc1c(OCC2CN(C)CCN2C)c2ccccc2[nH]c1=O)C(C)(C)C)C(=O)NS(=O)(=O)C1(C)CC1. The number of sulfonamides is 1. The number of likely N-dealkylation sites (tertiary alicyclic amines) is 1. The third-order valence-electron chi connectivity index (χ3n) is 13.5. The van der Waals surface area contributed by atoms with Crippen molar-refractivity contribution in [2.45, 2.75) is 128 Å². The molecule has 4 N–H and O–H groups in total. The van der Waals surface area contributed by atoms with E-state index in [1.54, 1.807) is 13.0 Å². The average Bonchev–Trinajstić information content (AvgIpc) is 4.19. The van der Waals surface area contributed by atoms with Gasteiger partial charge in [-0.3, -0.25) is 9.69 Å².